The molecule has 0 aliphatic carbocycles. The maximum absolute atomic E-state index is 12.2. The highest BCUT2D eigenvalue weighted by Crippen LogP contribution is 2.17. The number of unbranched alkanes of at least 4 members (excludes halogenated alkanes) is 4. The van der Waals surface area contributed by atoms with Crippen molar-refractivity contribution in [2.45, 2.75) is 45.4 Å². The number of hydrogen-bond donors (Lipinski definition) is 4. The molecule has 1 aromatic carbocycles. The van der Waals surface area contributed by atoms with Gasteiger partial charge in [-0.25, -0.2) is 0 Å². The molecule has 27 heavy (non-hydrogen) atoms. The number of nitrogens with two attached hydrogens (primary N) is 1. The van der Waals surface area contributed by atoms with Crippen LogP contribution in [0.4, 0.5) is 0 Å². The SMILES string of the molecule is CCOC(=O)CCCCCCCNC(=O)c1cc2cc(C(=N)N)ccc2[nH]1. The standard InChI is InChI=1S/C20H28N4O3/c1-2-27-18(25)8-6-4-3-5-7-11-23-20(26)17-13-15-12-14(19(21)22)9-10-16(15)24-17/h9-10,12-13,24H,2-8,11H2,1H3,(H3,21,22)(H,23,26). The number of nitrogen functional groups attached to an aromatic ring is 1. The van der Waals surface area contributed by atoms with Crippen LogP contribution in [-0.4, -0.2) is 35.8 Å². The molecule has 0 fully saturated rings. The molecule has 0 atom stereocenters. The summed E-state index contributed by atoms with van der Waals surface area (Å²) in [6.07, 6.45) is 5.28. The van der Waals surface area contributed by atoms with Crippen molar-refractivity contribution in [3.05, 3.63) is 35.5 Å². The Hall–Kier alpha value is -2.83. The van der Waals surface area contributed by atoms with Crippen LogP contribution in [0.3, 0.4) is 0 Å². The maximum atomic E-state index is 12.2. The minimum atomic E-state index is -0.141. The van der Waals surface area contributed by atoms with Gasteiger partial charge < -0.3 is 20.8 Å². The van der Waals surface area contributed by atoms with Crippen molar-refractivity contribution in [2.75, 3.05) is 13.2 Å². The summed E-state index contributed by atoms with van der Waals surface area (Å²) >= 11 is 0. The number of hydrogen-bond acceptors (Lipinski definition) is 4. The number of nitrogens with one attached hydrogen (secondary N) is 3. The summed E-state index contributed by atoms with van der Waals surface area (Å²) in [6, 6.07) is 7.14. The summed E-state index contributed by atoms with van der Waals surface area (Å²) < 4.78 is 4.89. The van der Waals surface area contributed by atoms with E-state index in [1.807, 2.05) is 13.0 Å². The Morgan fingerprint density at radius 2 is 1.89 bits per heavy atom. The summed E-state index contributed by atoms with van der Waals surface area (Å²) in [7, 11) is 0. The Morgan fingerprint density at radius 1 is 1.15 bits per heavy atom. The van der Waals surface area contributed by atoms with Crippen LogP contribution in [0, 0.1) is 5.41 Å². The third-order valence-corrected chi connectivity index (χ3v) is 4.32. The predicted octanol–water partition coefficient (Wildman–Crippen LogP) is 3.09. The molecule has 1 amide bonds. The van der Waals surface area contributed by atoms with Gasteiger partial charge in [0.15, 0.2) is 0 Å². The number of rotatable bonds is 11. The van der Waals surface area contributed by atoms with Crippen LogP contribution in [0.25, 0.3) is 10.9 Å². The minimum Gasteiger partial charge on any atom is -0.466 e. The molecular formula is C20H28N4O3. The Kier molecular flexibility index (Phi) is 7.85. The van der Waals surface area contributed by atoms with Crippen molar-refractivity contribution < 1.29 is 14.3 Å². The van der Waals surface area contributed by atoms with E-state index in [2.05, 4.69) is 10.3 Å². The predicted molar refractivity (Wildman–Crippen MR) is 106 cm³/mol. The lowest BCUT2D eigenvalue weighted by atomic mass is 10.1. The minimum absolute atomic E-state index is 0.00589. The van der Waals surface area contributed by atoms with E-state index in [-0.39, 0.29) is 17.7 Å². The molecule has 0 unspecified atom stereocenters. The van der Waals surface area contributed by atoms with Crippen molar-refractivity contribution in [3.8, 4) is 0 Å². The molecule has 0 aliphatic heterocycles. The summed E-state index contributed by atoms with van der Waals surface area (Å²) in [5, 5.41) is 11.2. The molecule has 0 radical (unpaired) electrons. The van der Waals surface area contributed by atoms with Crippen molar-refractivity contribution in [3.63, 3.8) is 0 Å². The van der Waals surface area contributed by atoms with Gasteiger partial charge >= 0.3 is 5.97 Å². The first-order chi connectivity index (χ1) is 13.0. The smallest absolute Gasteiger partial charge is 0.305 e. The van der Waals surface area contributed by atoms with Crippen molar-refractivity contribution in [1.82, 2.24) is 10.3 Å². The number of carbonyl (C=O) groups excluding carboxylic acids is 2. The van der Waals surface area contributed by atoms with E-state index in [0.717, 1.165) is 43.0 Å². The third-order valence-electron chi connectivity index (χ3n) is 4.32. The monoisotopic (exact) mass is 372 g/mol. The molecule has 2 aromatic rings. The van der Waals surface area contributed by atoms with Gasteiger partial charge in [0.25, 0.3) is 5.91 Å². The van der Waals surface area contributed by atoms with Gasteiger partial charge in [0.05, 0.1) is 6.61 Å². The van der Waals surface area contributed by atoms with E-state index < -0.39 is 0 Å². The molecule has 0 bridgehead atoms. The lowest BCUT2D eigenvalue weighted by Gasteiger charge is -2.04. The highest BCUT2D eigenvalue weighted by Gasteiger charge is 2.10. The molecule has 5 N–H and O–H groups in total. The van der Waals surface area contributed by atoms with Gasteiger partial charge in [-0.1, -0.05) is 19.3 Å². The number of fused-ring (bicyclic) bond motifs is 1. The molecule has 0 spiro atoms. The zero-order valence-corrected chi connectivity index (χ0v) is 15.8. The summed E-state index contributed by atoms with van der Waals surface area (Å²) in [5.41, 5.74) is 7.47. The first kappa shape index (κ1) is 20.5. The van der Waals surface area contributed by atoms with Gasteiger partial charge in [0.2, 0.25) is 0 Å². The number of ether oxygens (including phenoxy) is 1. The first-order valence-electron chi connectivity index (χ1n) is 9.42. The van der Waals surface area contributed by atoms with Crippen molar-refractivity contribution >= 4 is 28.6 Å². The normalized spacial score (nSPS) is 10.7. The second-order valence-electron chi connectivity index (χ2n) is 6.48. The molecule has 2 rings (SSSR count). The number of aromatic nitrogens is 1. The molecule has 1 aromatic heterocycles. The van der Waals surface area contributed by atoms with Crippen LogP contribution in [0.2, 0.25) is 0 Å². The molecule has 1 heterocycles. The van der Waals surface area contributed by atoms with Gasteiger partial charge in [-0.05, 0) is 44.0 Å². The second kappa shape index (κ2) is 10.4. The lowest BCUT2D eigenvalue weighted by Crippen LogP contribution is -2.24. The van der Waals surface area contributed by atoms with Crippen molar-refractivity contribution in [2.24, 2.45) is 5.73 Å². The molecule has 0 saturated carbocycles. The Labute approximate surface area is 159 Å². The maximum Gasteiger partial charge on any atom is 0.305 e. The highest BCUT2D eigenvalue weighted by molar-refractivity contribution is 6.02. The topological polar surface area (TPSA) is 121 Å². The molecule has 0 saturated heterocycles. The number of esters is 1. The van der Waals surface area contributed by atoms with Gasteiger partial charge in [0, 0.05) is 29.4 Å². The average molecular weight is 372 g/mol. The number of carbonyl (C=O) groups is 2. The van der Waals surface area contributed by atoms with Crippen LogP contribution in [0.15, 0.2) is 24.3 Å². The summed E-state index contributed by atoms with van der Waals surface area (Å²) in [4.78, 5) is 26.5. The van der Waals surface area contributed by atoms with Crippen LogP contribution < -0.4 is 11.1 Å². The van der Waals surface area contributed by atoms with Crippen LogP contribution in [-0.2, 0) is 9.53 Å². The largest absolute Gasteiger partial charge is 0.466 e. The van der Waals surface area contributed by atoms with E-state index in [4.69, 9.17) is 15.9 Å². The number of H-pyrrole nitrogens is 1. The molecule has 7 heteroatoms. The molecule has 0 aliphatic rings. The zero-order valence-electron chi connectivity index (χ0n) is 15.8. The molecule has 146 valence electrons. The Morgan fingerprint density at radius 3 is 2.63 bits per heavy atom. The fourth-order valence-electron chi connectivity index (χ4n) is 2.88. The van der Waals surface area contributed by atoms with E-state index in [1.165, 1.54) is 0 Å². The van der Waals surface area contributed by atoms with E-state index >= 15 is 0 Å². The lowest BCUT2D eigenvalue weighted by molar-refractivity contribution is -0.143. The zero-order chi connectivity index (χ0) is 19.6. The van der Waals surface area contributed by atoms with Crippen molar-refractivity contribution in [1.29, 1.82) is 5.41 Å². The number of aromatic amines is 1. The van der Waals surface area contributed by atoms with Gasteiger partial charge in [-0.15, -0.1) is 0 Å². The van der Waals surface area contributed by atoms with Gasteiger partial charge in [-0.2, -0.15) is 0 Å². The fourth-order valence-corrected chi connectivity index (χ4v) is 2.88. The first-order valence-corrected chi connectivity index (χ1v) is 9.42. The van der Waals surface area contributed by atoms with Crippen LogP contribution >= 0.6 is 0 Å². The Bertz CT molecular complexity index is 798. The van der Waals surface area contributed by atoms with E-state index in [1.54, 1.807) is 18.2 Å². The Balaban J connectivity index is 1.66. The average Bonchev–Trinajstić information content (AvgIpc) is 3.07. The fraction of sp³-hybridized carbons (Fsp3) is 0.450. The van der Waals surface area contributed by atoms with Gasteiger partial charge in [-0.3, -0.25) is 15.0 Å². The van der Waals surface area contributed by atoms with E-state index in [0.29, 0.717) is 30.8 Å². The van der Waals surface area contributed by atoms with E-state index in [9.17, 15) is 9.59 Å². The number of benzene rings is 1. The summed E-state index contributed by atoms with van der Waals surface area (Å²) in [6.45, 7) is 2.86. The quantitative estimate of drug-likeness (QED) is 0.210. The second-order valence-corrected chi connectivity index (χ2v) is 6.48. The third kappa shape index (κ3) is 6.44. The molecular weight excluding hydrogens is 344 g/mol. The summed E-state index contributed by atoms with van der Waals surface area (Å²) in [5.74, 6) is -0.261. The van der Waals surface area contributed by atoms with Crippen LogP contribution in [0.5, 0.6) is 0 Å². The van der Waals surface area contributed by atoms with Gasteiger partial charge in [0.1, 0.15) is 11.5 Å². The van der Waals surface area contributed by atoms with Crippen LogP contribution in [0.1, 0.15) is 61.5 Å². The highest BCUT2D eigenvalue weighted by atomic mass is 16.5. The number of amides is 1. The molecule has 7 nitrogen and oxygen atoms in total. The number of amidine groups is 1.